The van der Waals surface area contributed by atoms with Gasteiger partial charge >= 0.3 is 0 Å². The molecule has 0 radical (unpaired) electrons. The van der Waals surface area contributed by atoms with Gasteiger partial charge in [0.05, 0.1) is 7.11 Å². The van der Waals surface area contributed by atoms with Gasteiger partial charge in [-0.05, 0) is 49.2 Å². The smallest absolute Gasteiger partial charge is 0.255 e. The lowest BCUT2D eigenvalue weighted by molar-refractivity contribution is 0.102. The summed E-state index contributed by atoms with van der Waals surface area (Å²) in [5.74, 6) is 1.38. The normalized spacial score (nSPS) is 10.3. The fourth-order valence-corrected chi connectivity index (χ4v) is 2.74. The first-order valence-electron chi connectivity index (χ1n) is 8.85. The van der Waals surface area contributed by atoms with Crippen LogP contribution in [-0.4, -0.2) is 24.5 Å². The first-order chi connectivity index (χ1) is 13.2. The molecule has 3 aromatic rings. The lowest BCUT2D eigenvalue weighted by Gasteiger charge is -2.10. The Balaban J connectivity index is 1.59. The third-order valence-electron chi connectivity index (χ3n) is 4.22. The minimum Gasteiger partial charge on any atom is -0.496 e. The summed E-state index contributed by atoms with van der Waals surface area (Å²) in [5.41, 5.74) is 3.61. The van der Waals surface area contributed by atoms with E-state index in [1.54, 1.807) is 25.4 Å². The lowest BCUT2D eigenvalue weighted by atomic mass is 10.1. The molecule has 0 unspecified atom stereocenters. The van der Waals surface area contributed by atoms with Crippen LogP contribution in [0.15, 0.2) is 66.9 Å². The Morgan fingerprint density at radius 1 is 1.07 bits per heavy atom. The van der Waals surface area contributed by atoms with Gasteiger partial charge in [0.25, 0.3) is 5.91 Å². The van der Waals surface area contributed by atoms with E-state index < -0.39 is 0 Å². The monoisotopic (exact) mass is 361 g/mol. The van der Waals surface area contributed by atoms with Gasteiger partial charge in [0, 0.05) is 24.0 Å². The van der Waals surface area contributed by atoms with Gasteiger partial charge < -0.3 is 15.4 Å². The number of para-hydroxylation sites is 1. The standard InChI is InChI=1S/C22H23N3O2/c1-16-7-9-19(10-8-16)25-22(26)18-12-14-24-21(15-18)23-13-11-17-5-3-4-6-20(17)27-2/h3-10,12,14-15H,11,13H2,1-2H3,(H,23,24)(H,25,26). The molecule has 5 nitrogen and oxygen atoms in total. The molecule has 138 valence electrons. The Morgan fingerprint density at radius 3 is 2.63 bits per heavy atom. The zero-order valence-corrected chi connectivity index (χ0v) is 15.5. The molecule has 0 fully saturated rings. The van der Waals surface area contributed by atoms with Crippen LogP contribution in [0.2, 0.25) is 0 Å². The van der Waals surface area contributed by atoms with E-state index >= 15 is 0 Å². The fourth-order valence-electron chi connectivity index (χ4n) is 2.74. The fraction of sp³-hybridized carbons (Fsp3) is 0.182. The number of pyridine rings is 1. The SMILES string of the molecule is COc1ccccc1CCNc1cc(C(=O)Nc2ccc(C)cc2)ccn1. The Morgan fingerprint density at radius 2 is 1.85 bits per heavy atom. The number of nitrogens with one attached hydrogen (secondary N) is 2. The summed E-state index contributed by atoms with van der Waals surface area (Å²) in [4.78, 5) is 16.7. The number of nitrogens with zero attached hydrogens (tertiary/aromatic N) is 1. The first kappa shape index (κ1) is 18.5. The Kier molecular flexibility index (Phi) is 6.05. The summed E-state index contributed by atoms with van der Waals surface area (Å²) in [7, 11) is 1.67. The maximum absolute atomic E-state index is 12.4. The van der Waals surface area contributed by atoms with Crippen molar-refractivity contribution in [3.63, 3.8) is 0 Å². The van der Waals surface area contributed by atoms with Crippen LogP contribution in [0.4, 0.5) is 11.5 Å². The molecule has 0 saturated carbocycles. The number of anilines is 2. The van der Waals surface area contributed by atoms with E-state index in [-0.39, 0.29) is 5.91 Å². The predicted octanol–water partition coefficient (Wildman–Crippen LogP) is 4.31. The van der Waals surface area contributed by atoms with E-state index in [9.17, 15) is 4.79 Å². The third kappa shape index (κ3) is 5.07. The average Bonchev–Trinajstić information content (AvgIpc) is 2.70. The molecular weight excluding hydrogens is 338 g/mol. The Labute approximate surface area is 159 Å². The number of methoxy groups -OCH3 is 1. The van der Waals surface area contributed by atoms with Gasteiger partial charge in [-0.15, -0.1) is 0 Å². The number of rotatable bonds is 7. The highest BCUT2D eigenvalue weighted by Crippen LogP contribution is 2.18. The van der Waals surface area contributed by atoms with Gasteiger partial charge in [-0.1, -0.05) is 35.9 Å². The number of hydrogen-bond acceptors (Lipinski definition) is 4. The molecule has 3 rings (SSSR count). The van der Waals surface area contributed by atoms with Crippen LogP contribution in [0.5, 0.6) is 5.75 Å². The van der Waals surface area contributed by atoms with Crippen molar-refractivity contribution in [3.8, 4) is 5.75 Å². The van der Waals surface area contributed by atoms with Crippen LogP contribution in [0.1, 0.15) is 21.5 Å². The van der Waals surface area contributed by atoms with Gasteiger partial charge in [-0.3, -0.25) is 4.79 Å². The molecule has 0 aliphatic heterocycles. The number of carbonyl (C=O) groups is 1. The van der Waals surface area contributed by atoms with Crippen LogP contribution in [0.3, 0.4) is 0 Å². The molecule has 1 heterocycles. The lowest BCUT2D eigenvalue weighted by Crippen LogP contribution is -2.13. The highest BCUT2D eigenvalue weighted by atomic mass is 16.5. The van der Waals surface area contributed by atoms with Crippen molar-refractivity contribution in [2.75, 3.05) is 24.3 Å². The van der Waals surface area contributed by atoms with Crippen LogP contribution in [-0.2, 0) is 6.42 Å². The highest BCUT2D eigenvalue weighted by molar-refractivity contribution is 6.04. The molecular formula is C22H23N3O2. The second-order valence-corrected chi connectivity index (χ2v) is 6.24. The summed E-state index contributed by atoms with van der Waals surface area (Å²) < 4.78 is 5.37. The van der Waals surface area contributed by atoms with Crippen molar-refractivity contribution in [1.29, 1.82) is 0 Å². The van der Waals surface area contributed by atoms with Crippen molar-refractivity contribution in [2.24, 2.45) is 0 Å². The minimum absolute atomic E-state index is 0.158. The van der Waals surface area contributed by atoms with Crippen molar-refractivity contribution < 1.29 is 9.53 Å². The van der Waals surface area contributed by atoms with Gasteiger partial charge in [-0.25, -0.2) is 4.98 Å². The molecule has 1 amide bonds. The minimum atomic E-state index is -0.158. The van der Waals surface area contributed by atoms with Crippen LogP contribution >= 0.6 is 0 Å². The highest BCUT2D eigenvalue weighted by Gasteiger charge is 2.08. The molecule has 27 heavy (non-hydrogen) atoms. The second-order valence-electron chi connectivity index (χ2n) is 6.24. The van der Waals surface area contributed by atoms with Gasteiger partial charge in [0.2, 0.25) is 0 Å². The van der Waals surface area contributed by atoms with Gasteiger partial charge in [0.1, 0.15) is 11.6 Å². The van der Waals surface area contributed by atoms with Crippen molar-refractivity contribution in [3.05, 3.63) is 83.6 Å². The molecule has 0 bridgehead atoms. The molecule has 0 spiro atoms. The average molecular weight is 361 g/mol. The molecule has 0 aliphatic carbocycles. The molecule has 5 heteroatoms. The first-order valence-corrected chi connectivity index (χ1v) is 8.85. The summed E-state index contributed by atoms with van der Waals surface area (Å²) in [6.45, 7) is 2.70. The van der Waals surface area contributed by atoms with E-state index in [2.05, 4.69) is 15.6 Å². The van der Waals surface area contributed by atoms with Gasteiger partial charge in [0.15, 0.2) is 0 Å². The third-order valence-corrected chi connectivity index (χ3v) is 4.22. The Bertz CT molecular complexity index is 907. The zero-order chi connectivity index (χ0) is 19.1. The number of aromatic nitrogens is 1. The van der Waals surface area contributed by atoms with E-state index in [4.69, 9.17) is 4.74 Å². The van der Waals surface area contributed by atoms with E-state index in [0.717, 1.165) is 29.0 Å². The quantitative estimate of drug-likeness (QED) is 0.658. The molecule has 0 aliphatic rings. The number of aryl methyl sites for hydroxylation is 1. The number of hydrogen-bond donors (Lipinski definition) is 2. The largest absolute Gasteiger partial charge is 0.496 e. The maximum atomic E-state index is 12.4. The van der Waals surface area contributed by atoms with Crippen LogP contribution < -0.4 is 15.4 Å². The second kappa shape index (κ2) is 8.85. The maximum Gasteiger partial charge on any atom is 0.255 e. The van der Waals surface area contributed by atoms with E-state index in [1.165, 1.54) is 0 Å². The van der Waals surface area contributed by atoms with E-state index in [0.29, 0.717) is 17.9 Å². The molecule has 0 atom stereocenters. The molecule has 2 aromatic carbocycles. The van der Waals surface area contributed by atoms with Crippen molar-refractivity contribution >= 4 is 17.4 Å². The Hall–Kier alpha value is -3.34. The molecule has 2 N–H and O–H groups in total. The van der Waals surface area contributed by atoms with Crippen molar-refractivity contribution in [2.45, 2.75) is 13.3 Å². The van der Waals surface area contributed by atoms with Crippen LogP contribution in [0, 0.1) is 6.92 Å². The van der Waals surface area contributed by atoms with Crippen LogP contribution in [0.25, 0.3) is 0 Å². The van der Waals surface area contributed by atoms with Gasteiger partial charge in [-0.2, -0.15) is 0 Å². The number of ether oxygens (including phenoxy) is 1. The number of benzene rings is 2. The number of amides is 1. The van der Waals surface area contributed by atoms with Crippen molar-refractivity contribution in [1.82, 2.24) is 4.98 Å². The predicted molar refractivity (Wildman–Crippen MR) is 109 cm³/mol. The topological polar surface area (TPSA) is 63.2 Å². The summed E-state index contributed by atoms with van der Waals surface area (Å²) >= 11 is 0. The summed E-state index contributed by atoms with van der Waals surface area (Å²) in [6, 6.07) is 19.1. The van der Waals surface area contributed by atoms with E-state index in [1.807, 2.05) is 55.5 Å². The number of carbonyl (C=O) groups excluding carboxylic acids is 1. The molecule has 1 aromatic heterocycles. The zero-order valence-electron chi connectivity index (χ0n) is 15.5. The summed E-state index contributed by atoms with van der Waals surface area (Å²) in [6.07, 6.45) is 2.43. The summed E-state index contributed by atoms with van der Waals surface area (Å²) in [5, 5.41) is 6.16. The molecule has 0 saturated heterocycles.